The van der Waals surface area contributed by atoms with Crippen molar-refractivity contribution in [1.29, 1.82) is 0 Å². The normalized spacial score (nSPS) is 53.4. The molecule has 1 spiro atoms. The summed E-state index contributed by atoms with van der Waals surface area (Å²) >= 11 is 0. The topological polar surface area (TPSA) is 253 Å². The third-order valence-corrected chi connectivity index (χ3v) is 15.0. The van der Waals surface area contributed by atoms with Crippen LogP contribution in [0.1, 0.15) is 73.0 Å². The van der Waals surface area contributed by atoms with E-state index in [0.29, 0.717) is 0 Å². The van der Waals surface area contributed by atoms with Crippen LogP contribution in [0.4, 0.5) is 0 Å². The number of cyclic esters (lactones) is 1. The molecule has 55 heavy (non-hydrogen) atoms. The van der Waals surface area contributed by atoms with Crippen molar-refractivity contribution < 1.29 is 86.7 Å². The minimum Gasteiger partial charge on any atom is -0.472 e. The van der Waals surface area contributed by atoms with Crippen LogP contribution in [0.15, 0.2) is 23.0 Å². The van der Waals surface area contributed by atoms with Gasteiger partial charge in [-0.15, -0.1) is 0 Å². The fourth-order valence-electron chi connectivity index (χ4n) is 13.7. The van der Waals surface area contributed by atoms with Gasteiger partial charge in [0.05, 0.1) is 42.5 Å². The van der Waals surface area contributed by atoms with Gasteiger partial charge < -0.3 is 62.7 Å². The number of esters is 5. The van der Waals surface area contributed by atoms with Crippen molar-refractivity contribution in [3.63, 3.8) is 0 Å². The number of carbonyl (C=O) groups is 5. The van der Waals surface area contributed by atoms with Crippen molar-refractivity contribution in [2.45, 2.75) is 132 Å². The second-order valence-electron chi connectivity index (χ2n) is 17.5. The van der Waals surface area contributed by atoms with E-state index in [1.54, 1.807) is 0 Å². The van der Waals surface area contributed by atoms with E-state index in [2.05, 4.69) is 0 Å². The molecule has 300 valence electrons. The maximum Gasteiger partial charge on any atom is 0.348 e. The molecular weight excluding hydrogens is 732 g/mol. The third kappa shape index (κ3) is 3.39. The number of fused-ring (bicyclic) bond motifs is 2. The Morgan fingerprint density at radius 3 is 2.16 bits per heavy atom. The van der Waals surface area contributed by atoms with Crippen molar-refractivity contribution in [3.05, 3.63) is 24.2 Å². The van der Waals surface area contributed by atoms with Gasteiger partial charge in [-0.25, -0.2) is 9.59 Å². The highest BCUT2D eigenvalue weighted by molar-refractivity contribution is 5.84. The number of hydrogen-bond acceptors (Lipinski definition) is 18. The first-order chi connectivity index (χ1) is 25.5. The largest absolute Gasteiger partial charge is 0.472 e. The van der Waals surface area contributed by atoms with Gasteiger partial charge in [0.2, 0.25) is 6.10 Å². The van der Waals surface area contributed by atoms with Gasteiger partial charge in [0, 0.05) is 43.1 Å². The fraction of sp³-hybridized carbons (Fsp3) is 0.757. The van der Waals surface area contributed by atoms with Crippen LogP contribution >= 0.6 is 0 Å². The molecule has 1 aromatic rings. The molecule has 8 fully saturated rings. The molecule has 5 aliphatic carbocycles. The highest BCUT2D eigenvalue weighted by atomic mass is 17.0. The maximum absolute atomic E-state index is 14.5. The average molecular weight is 777 g/mol. The Bertz CT molecular complexity index is 1950. The maximum atomic E-state index is 14.5. The summed E-state index contributed by atoms with van der Waals surface area (Å²) in [6.07, 6.45) is -11.0. The lowest BCUT2D eigenvalue weighted by Gasteiger charge is -2.76. The number of aliphatic hydroxyl groups excluding tert-OH is 2. The van der Waals surface area contributed by atoms with E-state index in [4.69, 9.17) is 42.3 Å². The minimum absolute atomic E-state index is 0.280. The highest BCUT2D eigenvalue weighted by Crippen LogP contribution is 2.95. The lowest BCUT2D eigenvalue weighted by atomic mass is 9.33. The molecule has 1 unspecified atom stereocenters. The van der Waals surface area contributed by atoms with Gasteiger partial charge in [-0.1, -0.05) is 27.7 Å². The molecule has 5 saturated carbocycles. The molecule has 4 bridgehead atoms. The Balaban J connectivity index is 1.45. The predicted octanol–water partition coefficient (Wildman–Crippen LogP) is -0.288. The quantitative estimate of drug-likeness (QED) is 0.205. The molecule has 18 nitrogen and oxygen atoms in total. The SMILES string of the molecule is COC(=O)[C@H](O)[C@H]1[C@@]2(C)C[C@]3(O)[C@](O)([C@@H](OC(=O)C(C)C)[C@]45OC6(C)O[C@H]([C@H](O)[C@]78C[C@@]74[C@@H](OC(C)=O)C(=O)O[C@H]8c4ccoc4)[C@]5(O6)[C@]13C)[C@H]2OC(C)=O. The van der Waals surface area contributed by atoms with Crippen LogP contribution in [-0.2, 0) is 61.9 Å². The van der Waals surface area contributed by atoms with Crippen molar-refractivity contribution in [2.24, 2.45) is 33.5 Å². The zero-order chi connectivity index (χ0) is 40.1. The van der Waals surface area contributed by atoms with Crippen molar-refractivity contribution in [2.75, 3.05) is 7.11 Å². The molecule has 1 aromatic heterocycles. The van der Waals surface area contributed by atoms with E-state index in [0.717, 1.165) is 21.0 Å². The van der Waals surface area contributed by atoms with Gasteiger partial charge in [0.25, 0.3) is 5.97 Å². The van der Waals surface area contributed by atoms with Gasteiger partial charge in [-0.2, -0.15) is 0 Å². The molecule has 8 aliphatic rings. The monoisotopic (exact) mass is 776 g/mol. The summed E-state index contributed by atoms with van der Waals surface area (Å²) in [6, 6.07) is 1.50. The number of aliphatic hydroxyl groups is 4. The zero-order valence-corrected chi connectivity index (χ0v) is 31.3. The Hall–Kier alpha value is -3.65. The van der Waals surface area contributed by atoms with Gasteiger partial charge in [-0.05, 0) is 18.9 Å². The van der Waals surface area contributed by atoms with Crippen LogP contribution < -0.4 is 0 Å². The summed E-state index contributed by atoms with van der Waals surface area (Å²) in [5.74, 6) is -9.72. The Morgan fingerprint density at radius 1 is 0.927 bits per heavy atom. The summed E-state index contributed by atoms with van der Waals surface area (Å²) in [7, 11) is 1.04. The summed E-state index contributed by atoms with van der Waals surface area (Å²) < 4.78 is 54.9. The molecule has 0 radical (unpaired) electrons. The van der Waals surface area contributed by atoms with Crippen molar-refractivity contribution in [1.82, 2.24) is 0 Å². The molecule has 0 amide bonds. The lowest BCUT2D eigenvalue weighted by Crippen LogP contribution is -2.97. The number of furan rings is 1. The minimum atomic E-state index is -2.89. The predicted molar refractivity (Wildman–Crippen MR) is 172 cm³/mol. The van der Waals surface area contributed by atoms with Gasteiger partial charge in [0.1, 0.15) is 29.5 Å². The summed E-state index contributed by atoms with van der Waals surface area (Å²) in [5.41, 5.74) is -17.9. The summed E-state index contributed by atoms with van der Waals surface area (Å²) in [5, 5.41) is 52.4. The number of rotatable bonds is 7. The second-order valence-corrected chi connectivity index (χ2v) is 17.5. The van der Waals surface area contributed by atoms with Gasteiger partial charge in [-0.3, -0.25) is 14.4 Å². The molecule has 4 N–H and O–H groups in total. The Kier molecular flexibility index (Phi) is 6.89. The summed E-state index contributed by atoms with van der Waals surface area (Å²) in [6.45, 7) is 9.38. The molecular formula is C37H44O18. The number of methoxy groups -OCH3 is 1. The average Bonchev–Trinajstić information content (AvgIpc) is 3.45. The first kappa shape index (κ1) is 37.0. The molecule has 3 saturated heterocycles. The van der Waals surface area contributed by atoms with Crippen LogP contribution in [-0.4, -0.2) is 122 Å². The summed E-state index contributed by atoms with van der Waals surface area (Å²) in [4.78, 5) is 68.1. The van der Waals surface area contributed by atoms with Crippen LogP contribution in [0.25, 0.3) is 0 Å². The van der Waals surface area contributed by atoms with Crippen LogP contribution in [0.2, 0.25) is 0 Å². The van der Waals surface area contributed by atoms with Crippen molar-refractivity contribution >= 4 is 29.8 Å². The first-order valence-electron chi connectivity index (χ1n) is 18.3. The first-order valence-corrected chi connectivity index (χ1v) is 18.3. The van der Waals surface area contributed by atoms with E-state index in [1.165, 1.54) is 53.2 Å². The Morgan fingerprint density at radius 2 is 1.58 bits per heavy atom. The second kappa shape index (κ2) is 10.3. The fourth-order valence-corrected chi connectivity index (χ4v) is 13.7. The Labute approximate surface area is 313 Å². The number of ether oxygens (including phenoxy) is 8. The van der Waals surface area contributed by atoms with Gasteiger partial charge in [0.15, 0.2) is 23.4 Å². The van der Waals surface area contributed by atoms with E-state index in [9.17, 15) is 44.4 Å². The third-order valence-electron chi connectivity index (χ3n) is 15.0. The smallest absolute Gasteiger partial charge is 0.348 e. The standard InChI is InChI=1S/C37H44O18/c1-14(2)24(42)52-28-35(46)27(50-16(4)39)29(5)12-34(35,45)30(6,19(29)18(40)25(43)47-8)36-22-20(41)32-13-33(32,37(28,36)55-31(7,53-22)54-36)23(49-15(3)38)26(44)51-21(32)17-9-10-48-11-17/h9-11,14,18-23,27-28,40-41,45-46H,12-13H2,1-8H3/t18-,19+,20+,21+,22-,23+,27+,28-,29-,30-,31?,32+,33-,34-,35-,36+,37+/m1/s1. The van der Waals surface area contributed by atoms with E-state index in [-0.39, 0.29) is 12.0 Å². The molecule has 3 aliphatic heterocycles. The van der Waals surface area contributed by atoms with E-state index >= 15 is 0 Å². The highest BCUT2D eigenvalue weighted by Gasteiger charge is 3.11. The molecule has 4 heterocycles. The van der Waals surface area contributed by atoms with E-state index < -0.39 is 141 Å². The number of hydrogen-bond donors (Lipinski definition) is 4. The van der Waals surface area contributed by atoms with E-state index in [1.807, 2.05) is 0 Å². The van der Waals surface area contributed by atoms with Crippen LogP contribution in [0.3, 0.4) is 0 Å². The molecule has 17 atom stereocenters. The van der Waals surface area contributed by atoms with Crippen LogP contribution in [0.5, 0.6) is 0 Å². The molecule has 0 aromatic carbocycles. The molecule has 9 rings (SSSR count). The van der Waals surface area contributed by atoms with Gasteiger partial charge >= 0.3 is 29.8 Å². The van der Waals surface area contributed by atoms with Crippen LogP contribution in [0, 0.1) is 33.5 Å². The zero-order valence-electron chi connectivity index (χ0n) is 31.3. The number of carbonyl (C=O) groups excluding carboxylic acids is 5. The van der Waals surface area contributed by atoms with Crippen molar-refractivity contribution in [3.8, 4) is 0 Å². The molecule has 18 heteroatoms. The lowest BCUT2D eigenvalue weighted by molar-refractivity contribution is -0.455.